The van der Waals surface area contributed by atoms with Crippen LogP contribution in [0.5, 0.6) is 0 Å². The van der Waals surface area contributed by atoms with E-state index in [4.69, 9.17) is 5.73 Å². The van der Waals surface area contributed by atoms with E-state index < -0.39 is 0 Å². The summed E-state index contributed by atoms with van der Waals surface area (Å²) in [5, 5.41) is 4.58. The fraction of sp³-hybridized carbons (Fsp3) is 0.500. The number of rotatable bonds is 4. The summed E-state index contributed by atoms with van der Waals surface area (Å²) < 4.78 is 2.77. The largest absolute Gasteiger partial charge is 0.330 e. The van der Waals surface area contributed by atoms with Gasteiger partial charge in [-0.2, -0.15) is 5.10 Å². The lowest BCUT2D eigenvalue weighted by Crippen LogP contribution is -2.04. The van der Waals surface area contributed by atoms with E-state index in [2.05, 4.69) is 39.9 Å². The van der Waals surface area contributed by atoms with Crippen LogP contribution in [-0.2, 0) is 12.8 Å². The van der Waals surface area contributed by atoms with Gasteiger partial charge in [-0.1, -0.05) is 13.8 Å². The molecule has 0 saturated heterocycles. The molecule has 0 radical (unpaired) electrons. The molecule has 0 aliphatic rings. The molecule has 2 rings (SSSR count). The van der Waals surface area contributed by atoms with Crippen molar-refractivity contribution in [3.8, 4) is 0 Å². The molecule has 5 heteroatoms. The Morgan fingerprint density at radius 2 is 2.18 bits per heavy atom. The highest BCUT2D eigenvalue weighted by atomic mass is 79.9. The molecule has 0 aliphatic heterocycles. The first kappa shape index (κ1) is 12.5. The van der Waals surface area contributed by atoms with Crippen LogP contribution < -0.4 is 5.73 Å². The second kappa shape index (κ2) is 5.14. The topological polar surface area (TPSA) is 56.2 Å². The summed E-state index contributed by atoms with van der Waals surface area (Å²) in [4.78, 5) is 4.50. The summed E-state index contributed by atoms with van der Waals surface area (Å²) in [5.74, 6) is 0.603. The molecule has 0 aliphatic carbocycles. The normalized spacial score (nSPS) is 11.6. The van der Waals surface area contributed by atoms with Crippen LogP contribution in [0.4, 0.5) is 0 Å². The smallest absolute Gasteiger partial charge is 0.155 e. The lowest BCUT2D eigenvalue weighted by Gasteiger charge is -2.04. The van der Waals surface area contributed by atoms with Gasteiger partial charge in [0.1, 0.15) is 4.60 Å². The predicted octanol–water partition coefficient (Wildman–Crippen LogP) is 2.19. The second-order valence-corrected chi connectivity index (χ2v) is 5.33. The van der Waals surface area contributed by atoms with Crippen LogP contribution in [0, 0.1) is 5.92 Å². The second-order valence-electron chi connectivity index (χ2n) is 4.58. The Balaban J connectivity index is 2.42. The average Bonchev–Trinajstić information content (AvgIpc) is 2.57. The predicted molar refractivity (Wildman–Crippen MR) is 72.0 cm³/mol. The molecule has 0 unspecified atom stereocenters. The van der Waals surface area contributed by atoms with Gasteiger partial charge in [0.15, 0.2) is 5.65 Å². The summed E-state index contributed by atoms with van der Waals surface area (Å²) in [6, 6.07) is 4.05. The van der Waals surface area contributed by atoms with Gasteiger partial charge in [-0.25, -0.2) is 9.50 Å². The summed E-state index contributed by atoms with van der Waals surface area (Å²) in [6.07, 6.45) is 1.75. The molecule has 2 N–H and O–H groups in total. The van der Waals surface area contributed by atoms with Crippen LogP contribution in [-0.4, -0.2) is 21.1 Å². The Morgan fingerprint density at radius 1 is 1.41 bits per heavy atom. The van der Waals surface area contributed by atoms with Crippen molar-refractivity contribution in [1.82, 2.24) is 14.6 Å². The SMILES string of the molecule is CC(C)Cc1ccc2nc(CCN)c(Br)n2n1. The van der Waals surface area contributed by atoms with E-state index in [1.807, 2.05) is 16.6 Å². The maximum atomic E-state index is 5.56. The Kier molecular flexibility index (Phi) is 3.79. The van der Waals surface area contributed by atoms with Crippen molar-refractivity contribution < 1.29 is 0 Å². The first-order valence-electron chi connectivity index (χ1n) is 5.85. The number of fused-ring (bicyclic) bond motifs is 1. The van der Waals surface area contributed by atoms with Crippen LogP contribution in [0.3, 0.4) is 0 Å². The lowest BCUT2D eigenvalue weighted by atomic mass is 10.1. The standard InChI is InChI=1S/C12H17BrN4/c1-8(2)7-9-3-4-11-15-10(5-6-14)12(13)17(11)16-9/h3-4,8H,5-7,14H2,1-2H3. The van der Waals surface area contributed by atoms with Gasteiger partial charge in [-0.15, -0.1) is 0 Å². The number of hydrogen-bond acceptors (Lipinski definition) is 3. The lowest BCUT2D eigenvalue weighted by molar-refractivity contribution is 0.623. The number of halogens is 1. The number of nitrogens with two attached hydrogens (primary N) is 1. The van der Waals surface area contributed by atoms with Gasteiger partial charge < -0.3 is 5.73 Å². The molecule has 4 nitrogen and oxygen atoms in total. The van der Waals surface area contributed by atoms with Gasteiger partial charge in [-0.05, 0) is 46.9 Å². The van der Waals surface area contributed by atoms with Crippen LogP contribution in [0.15, 0.2) is 16.7 Å². The molecular formula is C12H17BrN4. The monoisotopic (exact) mass is 296 g/mol. The van der Waals surface area contributed by atoms with Crippen molar-refractivity contribution in [3.63, 3.8) is 0 Å². The number of imidazole rings is 1. The third kappa shape index (κ3) is 2.66. The van der Waals surface area contributed by atoms with Gasteiger partial charge in [0.05, 0.1) is 11.4 Å². The Bertz CT molecular complexity index is 518. The summed E-state index contributed by atoms with van der Waals surface area (Å²) in [5.41, 5.74) is 8.49. The average molecular weight is 297 g/mol. The van der Waals surface area contributed by atoms with Crippen LogP contribution in [0.25, 0.3) is 5.65 Å². The van der Waals surface area contributed by atoms with Crippen LogP contribution in [0.2, 0.25) is 0 Å². The summed E-state index contributed by atoms with van der Waals surface area (Å²) >= 11 is 3.54. The van der Waals surface area contributed by atoms with Crippen molar-refractivity contribution in [2.45, 2.75) is 26.7 Å². The molecule has 0 spiro atoms. The molecule has 2 aromatic heterocycles. The van der Waals surface area contributed by atoms with E-state index in [1.165, 1.54) is 0 Å². The molecule has 0 fully saturated rings. The first-order valence-corrected chi connectivity index (χ1v) is 6.64. The molecule has 0 saturated carbocycles. The minimum absolute atomic E-state index is 0.599. The van der Waals surface area contributed by atoms with Gasteiger partial charge in [0.25, 0.3) is 0 Å². The molecule has 0 aromatic carbocycles. The highest BCUT2D eigenvalue weighted by Gasteiger charge is 2.10. The van der Waals surface area contributed by atoms with Gasteiger partial charge in [0, 0.05) is 6.42 Å². The van der Waals surface area contributed by atoms with E-state index in [0.717, 1.165) is 34.5 Å². The van der Waals surface area contributed by atoms with E-state index in [1.54, 1.807) is 0 Å². The zero-order valence-electron chi connectivity index (χ0n) is 10.2. The molecule has 0 bridgehead atoms. The Hall–Kier alpha value is -0.940. The number of aromatic nitrogens is 3. The molecule has 2 heterocycles. The number of hydrogen-bond donors (Lipinski definition) is 1. The van der Waals surface area contributed by atoms with E-state index in [0.29, 0.717) is 12.5 Å². The maximum absolute atomic E-state index is 5.56. The van der Waals surface area contributed by atoms with Gasteiger partial charge in [-0.3, -0.25) is 0 Å². The zero-order chi connectivity index (χ0) is 12.4. The summed E-state index contributed by atoms with van der Waals surface area (Å²) in [6.45, 7) is 4.98. The first-order chi connectivity index (χ1) is 8.11. The third-order valence-electron chi connectivity index (χ3n) is 2.54. The highest BCUT2D eigenvalue weighted by molar-refractivity contribution is 9.10. The van der Waals surface area contributed by atoms with Crippen molar-refractivity contribution in [1.29, 1.82) is 0 Å². The van der Waals surface area contributed by atoms with Crippen molar-refractivity contribution >= 4 is 21.6 Å². The third-order valence-corrected chi connectivity index (χ3v) is 3.34. The summed E-state index contributed by atoms with van der Waals surface area (Å²) in [7, 11) is 0. The molecule has 0 amide bonds. The van der Waals surface area contributed by atoms with Gasteiger partial charge in [0.2, 0.25) is 0 Å². The molecule has 0 atom stereocenters. The molecule has 17 heavy (non-hydrogen) atoms. The van der Waals surface area contributed by atoms with E-state index >= 15 is 0 Å². The minimum atomic E-state index is 0.599. The molecule has 2 aromatic rings. The quantitative estimate of drug-likeness (QED) is 0.941. The maximum Gasteiger partial charge on any atom is 0.155 e. The van der Waals surface area contributed by atoms with E-state index in [9.17, 15) is 0 Å². The van der Waals surface area contributed by atoms with Crippen molar-refractivity contribution in [3.05, 3.63) is 28.1 Å². The van der Waals surface area contributed by atoms with E-state index in [-0.39, 0.29) is 0 Å². The number of nitrogens with zero attached hydrogens (tertiary/aromatic N) is 3. The van der Waals surface area contributed by atoms with Gasteiger partial charge >= 0.3 is 0 Å². The Morgan fingerprint density at radius 3 is 2.82 bits per heavy atom. The van der Waals surface area contributed by atoms with Crippen molar-refractivity contribution in [2.24, 2.45) is 11.7 Å². The highest BCUT2D eigenvalue weighted by Crippen LogP contribution is 2.19. The van der Waals surface area contributed by atoms with Crippen LogP contribution >= 0.6 is 15.9 Å². The fourth-order valence-corrected chi connectivity index (χ4v) is 2.36. The van der Waals surface area contributed by atoms with Crippen LogP contribution in [0.1, 0.15) is 25.2 Å². The van der Waals surface area contributed by atoms with Crippen molar-refractivity contribution in [2.75, 3.05) is 6.54 Å². The zero-order valence-corrected chi connectivity index (χ0v) is 11.7. The molecule has 92 valence electrons. The fourth-order valence-electron chi connectivity index (χ4n) is 1.81. The minimum Gasteiger partial charge on any atom is -0.330 e. The Labute approximate surface area is 109 Å². The molecular weight excluding hydrogens is 280 g/mol.